The maximum Gasteiger partial charge on any atom is 0.324 e. The van der Waals surface area contributed by atoms with Crippen molar-refractivity contribution < 1.29 is 26.7 Å². The SMILES string of the molecule is CCCC(C(=O)OCC)S(=O)(=O)c1cc(F)ccc1F. The van der Waals surface area contributed by atoms with Gasteiger partial charge in [-0.1, -0.05) is 13.3 Å². The second-order valence-electron chi connectivity index (χ2n) is 4.15. The topological polar surface area (TPSA) is 60.4 Å². The van der Waals surface area contributed by atoms with Gasteiger partial charge in [0.15, 0.2) is 15.1 Å². The molecule has 4 nitrogen and oxygen atoms in total. The molecule has 0 saturated heterocycles. The lowest BCUT2D eigenvalue weighted by Gasteiger charge is -2.16. The molecule has 20 heavy (non-hydrogen) atoms. The number of carbonyl (C=O) groups excluding carboxylic acids is 1. The molecule has 0 spiro atoms. The summed E-state index contributed by atoms with van der Waals surface area (Å²) in [5.41, 5.74) is 0. The monoisotopic (exact) mass is 306 g/mol. The van der Waals surface area contributed by atoms with Crippen LogP contribution in [0.15, 0.2) is 23.1 Å². The highest BCUT2D eigenvalue weighted by molar-refractivity contribution is 7.92. The summed E-state index contributed by atoms with van der Waals surface area (Å²) in [6.45, 7) is 3.24. The molecule has 0 aliphatic carbocycles. The van der Waals surface area contributed by atoms with Crippen LogP contribution in [0.1, 0.15) is 26.7 Å². The molecule has 0 radical (unpaired) electrons. The van der Waals surface area contributed by atoms with E-state index in [9.17, 15) is 22.0 Å². The minimum Gasteiger partial charge on any atom is -0.465 e. The van der Waals surface area contributed by atoms with Crippen LogP contribution in [-0.4, -0.2) is 26.2 Å². The second kappa shape index (κ2) is 6.78. The molecule has 0 N–H and O–H groups in total. The molecule has 0 amide bonds. The van der Waals surface area contributed by atoms with E-state index in [2.05, 4.69) is 0 Å². The maximum atomic E-state index is 13.6. The van der Waals surface area contributed by atoms with Crippen molar-refractivity contribution in [2.75, 3.05) is 6.61 Å². The quantitative estimate of drug-likeness (QED) is 0.758. The predicted molar refractivity (Wildman–Crippen MR) is 68.9 cm³/mol. The molecule has 0 heterocycles. The summed E-state index contributed by atoms with van der Waals surface area (Å²) in [6, 6.07) is 2.11. The Labute approximate surface area is 116 Å². The minimum absolute atomic E-state index is 0.0141. The van der Waals surface area contributed by atoms with E-state index in [1.807, 2.05) is 0 Å². The van der Waals surface area contributed by atoms with Crippen molar-refractivity contribution in [2.45, 2.75) is 36.8 Å². The lowest BCUT2D eigenvalue weighted by molar-refractivity contribution is -0.142. The summed E-state index contributed by atoms with van der Waals surface area (Å²) in [7, 11) is -4.33. The fraction of sp³-hybridized carbons (Fsp3) is 0.462. The Bertz CT molecular complexity index is 584. The van der Waals surface area contributed by atoms with E-state index < -0.39 is 37.6 Å². The zero-order chi connectivity index (χ0) is 15.3. The highest BCUT2D eigenvalue weighted by atomic mass is 32.2. The largest absolute Gasteiger partial charge is 0.465 e. The van der Waals surface area contributed by atoms with Gasteiger partial charge in [0.05, 0.1) is 6.61 Å². The van der Waals surface area contributed by atoms with Crippen molar-refractivity contribution in [3.63, 3.8) is 0 Å². The van der Waals surface area contributed by atoms with Crippen LogP contribution < -0.4 is 0 Å². The molecular weight excluding hydrogens is 290 g/mol. The van der Waals surface area contributed by atoms with E-state index >= 15 is 0 Å². The van der Waals surface area contributed by atoms with Crippen LogP contribution in [0.5, 0.6) is 0 Å². The van der Waals surface area contributed by atoms with Gasteiger partial charge in [0.2, 0.25) is 0 Å². The lowest BCUT2D eigenvalue weighted by Crippen LogP contribution is -2.32. The average molecular weight is 306 g/mol. The maximum absolute atomic E-state index is 13.6. The van der Waals surface area contributed by atoms with Crippen LogP contribution in [0.2, 0.25) is 0 Å². The van der Waals surface area contributed by atoms with Crippen molar-refractivity contribution in [1.29, 1.82) is 0 Å². The van der Waals surface area contributed by atoms with Gasteiger partial charge >= 0.3 is 5.97 Å². The van der Waals surface area contributed by atoms with Crippen molar-refractivity contribution in [1.82, 2.24) is 0 Å². The standard InChI is InChI=1S/C13H16F2O4S/c1-3-5-11(13(16)19-4-2)20(17,18)12-8-9(14)6-7-10(12)15/h6-8,11H,3-5H2,1-2H3. The fourth-order valence-electron chi connectivity index (χ4n) is 1.75. The molecule has 112 valence electrons. The number of hydrogen-bond acceptors (Lipinski definition) is 4. The van der Waals surface area contributed by atoms with E-state index in [4.69, 9.17) is 4.74 Å². The molecule has 1 atom stereocenters. The Morgan fingerprint density at radius 3 is 2.50 bits per heavy atom. The number of benzene rings is 1. The molecule has 0 fully saturated rings. The van der Waals surface area contributed by atoms with Crippen molar-refractivity contribution in [3.05, 3.63) is 29.8 Å². The van der Waals surface area contributed by atoms with Crippen LogP contribution in [-0.2, 0) is 19.4 Å². The molecule has 7 heteroatoms. The molecule has 1 unspecified atom stereocenters. The molecule has 0 aliphatic rings. The van der Waals surface area contributed by atoms with Crippen molar-refractivity contribution in [2.24, 2.45) is 0 Å². The number of sulfone groups is 1. The Morgan fingerprint density at radius 1 is 1.30 bits per heavy atom. The third kappa shape index (κ3) is 3.53. The van der Waals surface area contributed by atoms with Crippen LogP contribution >= 0.6 is 0 Å². The number of carbonyl (C=O) groups is 1. The van der Waals surface area contributed by atoms with E-state index in [0.29, 0.717) is 12.5 Å². The normalized spacial score (nSPS) is 13.0. The second-order valence-corrected chi connectivity index (χ2v) is 6.25. The first-order valence-electron chi connectivity index (χ1n) is 6.20. The van der Waals surface area contributed by atoms with Gasteiger partial charge in [-0.3, -0.25) is 4.79 Å². The first-order chi connectivity index (χ1) is 9.34. The number of ether oxygens (including phenoxy) is 1. The van der Waals surface area contributed by atoms with Gasteiger partial charge in [-0.15, -0.1) is 0 Å². The highest BCUT2D eigenvalue weighted by Crippen LogP contribution is 2.24. The zero-order valence-electron chi connectivity index (χ0n) is 11.2. The van der Waals surface area contributed by atoms with Gasteiger partial charge in [-0.2, -0.15) is 0 Å². The van der Waals surface area contributed by atoms with E-state index in [0.717, 1.165) is 12.1 Å². The first-order valence-corrected chi connectivity index (χ1v) is 7.74. The fourth-order valence-corrected chi connectivity index (χ4v) is 3.54. The predicted octanol–water partition coefficient (Wildman–Crippen LogP) is 2.47. The summed E-state index contributed by atoms with van der Waals surface area (Å²) in [5.74, 6) is -2.92. The average Bonchev–Trinajstić information content (AvgIpc) is 2.38. The van der Waals surface area contributed by atoms with E-state index in [-0.39, 0.29) is 13.0 Å². The Hall–Kier alpha value is -1.50. The number of halogens is 2. The number of hydrogen-bond donors (Lipinski definition) is 0. The van der Waals surface area contributed by atoms with Gasteiger partial charge < -0.3 is 4.74 Å². The van der Waals surface area contributed by atoms with Gasteiger partial charge in [-0.25, -0.2) is 17.2 Å². The lowest BCUT2D eigenvalue weighted by atomic mass is 10.2. The van der Waals surface area contributed by atoms with Crippen LogP contribution in [0.25, 0.3) is 0 Å². The summed E-state index contributed by atoms with van der Waals surface area (Å²) >= 11 is 0. The minimum atomic E-state index is -4.33. The Morgan fingerprint density at radius 2 is 1.95 bits per heavy atom. The third-order valence-electron chi connectivity index (χ3n) is 2.67. The Kier molecular flexibility index (Phi) is 5.62. The molecular formula is C13H16F2O4S. The Balaban J connectivity index is 3.29. The summed E-state index contributed by atoms with van der Waals surface area (Å²) < 4.78 is 56.1. The molecule has 0 aromatic heterocycles. The molecule has 1 aromatic carbocycles. The molecule has 0 aliphatic heterocycles. The number of esters is 1. The van der Waals surface area contributed by atoms with Crippen molar-refractivity contribution >= 4 is 15.8 Å². The van der Waals surface area contributed by atoms with Crippen molar-refractivity contribution in [3.8, 4) is 0 Å². The smallest absolute Gasteiger partial charge is 0.324 e. The zero-order valence-corrected chi connectivity index (χ0v) is 12.0. The molecule has 1 aromatic rings. The summed E-state index contributed by atoms with van der Waals surface area (Å²) in [5, 5.41) is -1.52. The number of rotatable bonds is 6. The first kappa shape index (κ1) is 16.6. The molecule has 1 rings (SSSR count). The third-order valence-corrected chi connectivity index (χ3v) is 4.78. The van der Waals surface area contributed by atoms with E-state index in [1.165, 1.54) is 6.92 Å². The van der Waals surface area contributed by atoms with Gasteiger partial charge in [-0.05, 0) is 31.5 Å². The van der Waals surface area contributed by atoms with Gasteiger partial charge in [0, 0.05) is 0 Å². The summed E-state index contributed by atoms with van der Waals surface area (Å²) in [6.07, 6.45) is 0.372. The van der Waals surface area contributed by atoms with Crippen LogP contribution in [0, 0.1) is 11.6 Å². The van der Waals surface area contributed by atoms with Gasteiger partial charge in [0.25, 0.3) is 0 Å². The molecule has 0 saturated carbocycles. The van der Waals surface area contributed by atoms with Crippen LogP contribution in [0.4, 0.5) is 8.78 Å². The van der Waals surface area contributed by atoms with Gasteiger partial charge in [0.1, 0.15) is 16.5 Å². The van der Waals surface area contributed by atoms with E-state index in [1.54, 1.807) is 6.92 Å². The summed E-state index contributed by atoms with van der Waals surface area (Å²) in [4.78, 5) is 10.9. The highest BCUT2D eigenvalue weighted by Gasteiger charge is 2.36. The molecule has 0 bridgehead atoms. The van der Waals surface area contributed by atoms with Crippen LogP contribution in [0.3, 0.4) is 0 Å².